The van der Waals surface area contributed by atoms with E-state index in [-0.39, 0.29) is 84.1 Å². The minimum atomic E-state index is -0.845. The van der Waals surface area contributed by atoms with E-state index >= 15 is 0 Å². The summed E-state index contributed by atoms with van der Waals surface area (Å²) in [6.07, 6.45) is 5.22. The smallest absolute Gasteiger partial charge is 0.283 e. The van der Waals surface area contributed by atoms with Crippen molar-refractivity contribution in [2.75, 3.05) is 67.5 Å². The van der Waals surface area contributed by atoms with Gasteiger partial charge in [0, 0.05) is 92.5 Å². The maximum absolute atomic E-state index is 13.1. The standard InChI is InChI=1S/C36H42N8O10S/c1-23(45)41-17-15-39(21-29(41)35(49)37(3)4)33(47)13-9-25-7-11-31(27(19-25)43(51)52)55-32-12-8-26(20-28(32)44(53)54)10-14-34(48)40-16-18-42(24(2)46)30(22-40)36(50)38(5)6/h7-14,19-20,29-30H,15-18,21-22H2,1-6H3/b13-9+,14-10+. The summed E-state index contributed by atoms with van der Waals surface area (Å²) in [6, 6.07) is 6.66. The van der Waals surface area contributed by atoms with Crippen LogP contribution in [0.2, 0.25) is 0 Å². The molecule has 2 aromatic carbocycles. The van der Waals surface area contributed by atoms with E-state index in [0.717, 1.165) is 11.8 Å². The second-order valence-electron chi connectivity index (χ2n) is 13.2. The molecule has 55 heavy (non-hydrogen) atoms. The zero-order valence-electron chi connectivity index (χ0n) is 31.2. The van der Waals surface area contributed by atoms with Crippen LogP contribution in [0.1, 0.15) is 25.0 Å². The van der Waals surface area contributed by atoms with E-state index in [9.17, 15) is 49.0 Å². The maximum Gasteiger partial charge on any atom is 0.283 e. The first kappa shape index (κ1) is 41.6. The summed E-state index contributed by atoms with van der Waals surface area (Å²) in [4.78, 5) is 107. The monoisotopic (exact) mass is 778 g/mol. The third-order valence-electron chi connectivity index (χ3n) is 9.06. The first-order valence-corrected chi connectivity index (χ1v) is 17.9. The maximum atomic E-state index is 13.1. The van der Waals surface area contributed by atoms with Crippen LogP contribution in [0.4, 0.5) is 11.4 Å². The molecule has 0 saturated carbocycles. The number of nitrogens with zero attached hydrogens (tertiary/aromatic N) is 8. The quantitative estimate of drug-likeness (QED) is 0.194. The van der Waals surface area contributed by atoms with Crippen LogP contribution in [0, 0.1) is 20.2 Å². The highest BCUT2D eigenvalue weighted by Gasteiger charge is 2.37. The first-order valence-electron chi connectivity index (χ1n) is 17.0. The topological polar surface area (TPSA) is 208 Å². The molecular formula is C36H42N8O10S. The summed E-state index contributed by atoms with van der Waals surface area (Å²) >= 11 is 0.806. The molecule has 2 aliphatic heterocycles. The summed E-state index contributed by atoms with van der Waals surface area (Å²) in [7, 11) is 6.23. The van der Waals surface area contributed by atoms with Crippen LogP contribution in [0.3, 0.4) is 0 Å². The zero-order chi connectivity index (χ0) is 40.7. The Morgan fingerprint density at radius 1 is 0.655 bits per heavy atom. The van der Waals surface area contributed by atoms with E-state index in [2.05, 4.69) is 0 Å². The molecule has 2 aliphatic rings. The van der Waals surface area contributed by atoms with Gasteiger partial charge in [0.1, 0.15) is 12.1 Å². The van der Waals surface area contributed by atoms with Crippen LogP contribution in [-0.2, 0) is 28.8 Å². The van der Waals surface area contributed by atoms with Crippen molar-refractivity contribution in [2.45, 2.75) is 35.7 Å². The molecule has 0 radical (unpaired) electrons. The SMILES string of the molecule is CC(=O)N1CCN(C(=O)/C=C/c2ccc(Sc3ccc(/C=C/C(=O)N4CCN(C(C)=O)C(C(=O)N(C)C)C4)cc3[N+](=O)[O-])c([N+](=O)[O-])c2)CC1C(=O)N(C)C. The minimum Gasteiger partial charge on any atom is -0.347 e. The van der Waals surface area contributed by atoms with Gasteiger partial charge >= 0.3 is 0 Å². The summed E-state index contributed by atoms with van der Waals surface area (Å²) in [5.41, 5.74) is -0.0860. The molecule has 6 amide bonds. The summed E-state index contributed by atoms with van der Waals surface area (Å²) < 4.78 is 0. The number of carbonyl (C=O) groups is 6. The Hall–Kier alpha value is -6.11. The Labute approximate surface area is 321 Å². The van der Waals surface area contributed by atoms with Crippen LogP contribution in [0.15, 0.2) is 58.3 Å². The zero-order valence-corrected chi connectivity index (χ0v) is 32.1. The van der Waals surface area contributed by atoms with Gasteiger partial charge in [-0.25, -0.2) is 0 Å². The van der Waals surface area contributed by atoms with Gasteiger partial charge in [-0.1, -0.05) is 23.9 Å². The number of hydrogen-bond acceptors (Lipinski definition) is 11. The van der Waals surface area contributed by atoms with Crippen LogP contribution < -0.4 is 0 Å². The normalized spacial score (nSPS) is 17.3. The number of likely N-dealkylation sites (N-methyl/N-ethyl adjacent to an activating group) is 2. The van der Waals surface area contributed by atoms with E-state index < -0.39 is 33.7 Å². The third kappa shape index (κ3) is 10.1. The van der Waals surface area contributed by atoms with Crippen molar-refractivity contribution in [2.24, 2.45) is 0 Å². The third-order valence-corrected chi connectivity index (χ3v) is 10.2. The van der Waals surface area contributed by atoms with Gasteiger partial charge < -0.3 is 29.4 Å². The van der Waals surface area contributed by atoms with Crippen LogP contribution in [-0.4, -0.2) is 154 Å². The lowest BCUT2D eigenvalue weighted by molar-refractivity contribution is -0.388. The van der Waals surface area contributed by atoms with E-state index in [1.54, 1.807) is 28.2 Å². The molecule has 18 nitrogen and oxygen atoms in total. The van der Waals surface area contributed by atoms with Gasteiger partial charge in [0.2, 0.25) is 35.4 Å². The molecule has 4 rings (SSSR count). The fourth-order valence-electron chi connectivity index (χ4n) is 6.14. The molecule has 0 bridgehead atoms. The van der Waals surface area contributed by atoms with Gasteiger partial charge in [0.05, 0.1) is 32.7 Å². The number of amides is 6. The molecule has 0 aromatic heterocycles. The molecule has 0 aliphatic carbocycles. The molecule has 0 N–H and O–H groups in total. The van der Waals surface area contributed by atoms with Gasteiger partial charge in [0.25, 0.3) is 11.4 Å². The van der Waals surface area contributed by atoms with Gasteiger partial charge in [0.15, 0.2) is 0 Å². The van der Waals surface area contributed by atoms with Gasteiger partial charge in [-0.15, -0.1) is 0 Å². The molecule has 2 fully saturated rings. The average molecular weight is 779 g/mol. The number of nitro benzene ring substituents is 2. The Morgan fingerprint density at radius 3 is 1.33 bits per heavy atom. The van der Waals surface area contributed by atoms with E-state index in [0.29, 0.717) is 11.1 Å². The Kier molecular flexibility index (Phi) is 13.5. The van der Waals surface area contributed by atoms with Crippen molar-refractivity contribution in [3.05, 3.63) is 79.9 Å². The van der Waals surface area contributed by atoms with Crippen LogP contribution in [0.5, 0.6) is 0 Å². The van der Waals surface area contributed by atoms with Crippen molar-refractivity contribution >= 4 is 70.7 Å². The molecule has 2 heterocycles. The summed E-state index contributed by atoms with van der Waals surface area (Å²) in [5, 5.41) is 24.2. The second-order valence-corrected chi connectivity index (χ2v) is 14.3. The van der Waals surface area contributed by atoms with E-state index in [4.69, 9.17) is 0 Å². The van der Waals surface area contributed by atoms with Crippen molar-refractivity contribution in [3.63, 3.8) is 0 Å². The van der Waals surface area contributed by atoms with Crippen molar-refractivity contribution in [1.82, 2.24) is 29.4 Å². The number of nitro groups is 2. The number of rotatable bonds is 10. The van der Waals surface area contributed by atoms with Crippen LogP contribution >= 0.6 is 11.8 Å². The summed E-state index contributed by atoms with van der Waals surface area (Å²) in [6.45, 7) is 3.40. The number of piperazine rings is 2. The van der Waals surface area contributed by atoms with Gasteiger partial charge in [-0.05, 0) is 35.4 Å². The summed E-state index contributed by atoms with van der Waals surface area (Å²) in [5.74, 6) is -2.13. The lowest BCUT2D eigenvalue weighted by Gasteiger charge is -2.40. The fourth-order valence-corrected chi connectivity index (χ4v) is 7.12. The number of hydrogen-bond donors (Lipinski definition) is 0. The fraction of sp³-hybridized carbons (Fsp3) is 0.389. The molecule has 0 spiro atoms. The Morgan fingerprint density at radius 2 is 1.02 bits per heavy atom. The molecule has 2 saturated heterocycles. The molecular weight excluding hydrogens is 737 g/mol. The first-order chi connectivity index (χ1) is 25.9. The van der Waals surface area contributed by atoms with Gasteiger partial charge in [-0.3, -0.25) is 49.0 Å². The number of benzene rings is 2. The van der Waals surface area contributed by atoms with E-state index in [1.165, 1.54) is 104 Å². The molecule has 2 atom stereocenters. The lowest BCUT2D eigenvalue weighted by atomic mass is 10.1. The second kappa shape index (κ2) is 17.8. The lowest BCUT2D eigenvalue weighted by Crippen LogP contribution is -2.60. The highest BCUT2D eigenvalue weighted by atomic mass is 32.2. The van der Waals surface area contributed by atoms with Crippen molar-refractivity contribution in [3.8, 4) is 0 Å². The molecule has 2 unspecified atom stereocenters. The highest BCUT2D eigenvalue weighted by molar-refractivity contribution is 7.99. The van der Waals surface area contributed by atoms with Crippen LogP contribution in [0.25, 0.3) is 12.2 Å². The predicted molar refractivity (Wildman–Crippen MR) is 201 cm³/mol. The molecule has 19 heteroatoms. The predicted octanol–water partition coefficient (Wildman–Crippen LogP) is 1.98. The van der Waals surface area contributed by atoms with Crippen molar-refractivity contribution in [1.29, 1.82) is 0 Å². The Balaban J connectivity index is 1.48. The molecule has 2 aromatic rings. The average Bonchev–Trinajstić information content (AvgIpc) is 3.15. The van der Waals surface area contributed by atoms with Gasteiger partial charge in [-0.2, -0.15) is 0 Å². The largest absolute Gasteiger partial charge is 0.347 e. The van der Waals surface area contributed by atoms with E-state index in [1.807, 2.05) is 0 Å². The Bertz CT molecular complexity index is 1830. The minimum absolute atomic E-state index is 0.0156. The highest BCUT2D eigenvalue weighted by Crippen LogP contribution is 2.40. The number of carbonyl (C=O) groups excluding carboxylic acids is 6. The molecule has 292 valence electrons. The van der Waals surface area contributed by atoms with Crippen molar-refractivity contribution < 1.29 is 38.6 Å².